The first-order valence-corrected chi connectivity index (χ1v) is 6.78. The van der Waals surface area contributed by atoms with E-state index in [0.29, 0.717) is 4.20 Å². The van der Waals surface area contributed by atoms with Gasteiger partial charge in [-0.15, -0.1) is 0 Å². The van der Waals surface area contributed by atoms with Crippen LogP contribution in [0, 0.1) is 0 Å². The number of hydrogen-bond donors (Lipinski definition) is 0. The van der Waals surface area contributed by atoms with Crippen LogP contribution in [0.5, 0.6) is 0 Å². The summed E-state index contributed by atoms with van der Waals surface area (Å²) in [6.07, 6.45) is 0. The topological polar surface area (TPSA) is 17.1 Å². The number of rotatable bonds is 0. The smallest absolute Gasteiger partial charge is 0.0919 e. The SMILES string of the molecule is C=S1(=O)SC(=S)c2ccccc21. The van der Waals surface area contributed by atoms with Crippen molar-refractivity contribution in [3.63, 3.8) is 0 Å². The molecule has 1 aliphatic heterocycles. The summed E-state index contributed by atoms with van der Waals surface area (Å²) in [6.45, 7) is 0. The maximum absolute atomic E-state index is 11.8. The fourth-order valence-corrected chi connectivity index (χ4v) is 5.52. The number of hydrogen-bond acceptors (Lipinski definition) is 3. The summed E-state index contributed by atoms with van der Waals surface area (Å²) in [5.41, 5.74) is 0.914. The monoisotopic (exact) mass is 214 g/mol. The molecule has 1 aromatic carbocycles. The summed E-state index contributed by atoms with van der Waals surface area (Å²) < 4.78 is 12.5. The van der Waals surface area contributed by atoms with Gasteiger partial charge in [-0.2, -0.15) is 0 Å². The number of thiocarbonyl (C=S) groups is 1. The Hall–Kier alpha value is -0.320. The van der Waals surface area contributed by atoms with E-state index in [4.69, 9.17) is 12.2 Å². The molecule has 2 rings (SSSR count). The zero-order valence-corrected chi connectivity index (χ0v) is 8.60. The minimum absolute atomic E-state index is 0.700. The molecule has 0 N–H and O–H groups in total. The lowest BCUT2D eigenvalue weighted by atomic mass is 10.2. The van der Waals surface area contributed by atoms with Crippen LogP contribution in [0.15, 0.2) is 29.2 Å². The molecule has 1 aromatic rings. The van der Waals surface area contributed by atoms with Crippen LogP contribution >= 0.6 is 23.0 Å². The van der Waals surface area contributed by atoms with Crippen LogP contribution in [0.25, 0.3) is 0 Å². The maximum atomic E-state index is 11.8. The molecule has 0 amide bonds. The molecular weight excluding hydrogens is 208 g/mol. The maximum Gasteiger partial charge on any atom is 0.0919 e. The van der Waals surface area contributed by atoms with Gasteiger partial charge in [0.2, 0.25) is 0 Å². The Morgan fingerprint density at radius 2 is 2.08 bits per heavy atom. The molecule has 0 spiro atoms. The van der Waals surface area contributed by atoms with E-state index in [-0.39, 0.29) is 0 Å². The fraction of sp³-hybridized carbons (Fsp3) is 0. The third kappa shape index (κ3) is 1.11. The Bertz CT molecular complexity index is 445. The highest BCUT2D eigenvalue weighted by Crippen LogP contribution is 2.37. The lowest BCUT2D eigenvalue weighted by molar-refractivity contribution is 0.690. The van der Waals surface area contributed by atoms with Gasteiger partial charge in [-0.1, -0.05) is 30.4 Å². The zero-order valence-electron chi connectivity index (χ0n) is 6.15. The third-order valence-corrected chi connectivity index (χ3v) is 5.95. The van der Waals surface area contributed by atoms with Crippen LogP contribution in [-0.2, 0) is 8.55 Å². The minimum Gasteiger partial charge on any atom is -0.252 e. The molecule has 1 heterocycles. The summed E-state index contributed by atoms with van der Waals surface area (Å²) in [4.78, 5) is 0.792. The molecule has 4 heteroatoms. The molecule has 1 unspecified atom stereocenters. The number of fused-ring (bicyclic) bond motifs is 1. The normalized spacial score (nSPS) is 27.2. The second-order valence-corrected chi connectivity index (χ2v) is 7.51. The van der Waals surface area contributed by atoms with Crippen LogP contribution in [0.2, 0.25) is 0 Å². The predicted molar refractivity (Wildman–Crippen MR) is 59.3 cm³/mol. The van der Waals surface area contributed by atoms with Gasteiger partial charge in [-0.25, -0.2) is 0 Å². The predicted octanol–water partition coefficient (Wildman–Crippen LogP) is 2.10. The highest BCUT2D eigenvalue weighted by atomic mass is 33.1. The lowest BCUT2D eigenvalue weighted by Crippen LogP contribution is -1.88. The van der Waals surface area contributed by atoms with Gasteiger partial charge in [-0.3, -0.25) is 4.21 Å². The van der Waals surface area contributed by atoms with E-state index in [1.165, 1.54) is 10.8 Å². The fourth-order valence-electron chi connectivity index (χ4n) is 1.12. The van der Waals surface area contributed by atoms with Gasteiger partial charge in [0.05, 0.1) is 12.8 Å². The molecule has 0 saturated carbocycles. The van der Waals surface area contributed by atoms with Gasteiger partial charge in [0.1, 0.15) is 0 Å². The van der Waals surface area contributed by atoms with E-state index >= 15 is 0 Å². The second-order valence-electron chi connectivity index (χ2n) is 2.48. The Morgan fingerprint density at radius 3 is 2.75 bits per heavy atom. The summed E-state index contributed by atoms with van der Waals surface area (Å²) in [7, 11) is -0.980. The molecule has 0 fully saturated rings. The van der Waals surface area contributed by atoms with E-state index in [1.54, 1.807) is 0 Å². The first-order chi connectivity index (χ1) is 5.61. The Kier molecular flexibility index (Phi) is 1.78. The molecule has 0 aromatic heterocycles. The van der Waals surface area contributed by atoms with Gasteiger partial charge < -0.3 is 0 Å². The van der Waals surface area contributed by atoms with E-state index in [0.717, 1.165) is 10.5 Å². The summed E-state index contributed by atoms with van der Waals surface area (Å²) >= 11 is 5.07. The molecule has 1 aliphatic rings. The molecule has 62 valence electrons. The van der Waals surface area contributed by atoms with E-state index < -0.39 is 8.55 Å². The quantitative estimate of drug-likeness (QED) is 0.486. The Balaban J connectivity index is 2.83. The van der Waals surface area contributed by atoms with E-state index in [9.17, 15) is 4.21 Å². The molecular formula is C8H6OS3. The van der Waals surface area contributed by atoms with E-state index in [2.05, 4.69) is 5.87 Å². The van der Waals surface area contributed by atoms with Crippen molar-refractivity contribution in [1.29, 1.82) is 0 Å². The average molecular weight is 214 g/mol. The van der Waals surface area contributed by atoms with Crippen molar-refractivity contribution in [3.8, 4) is 0 Å². The van der Waals surface area contributed by atoms with Crippen molar-refractivity contribution in [2.24, 2.45) is 0 Å². The van der Waals surface area contributed by atoms with Crippen molar-refractivity contribution in [2.75, 3.05) is 0 Å². The van der Waals surface area contributed by atoms with Gasteiger partial charge in [0.15, 0.2) is 0 Å². The minimum atomic E-state index is -2.18. The van der Waals surface area contributed by atoms with Crippen LogP contribution < -0.4 is 0 Å². The molecule has 12 heavy (non-hydrogen) atoms. The Morgan fingerprint density at radius 1 is 1.42 bits per heavy atom. The van der Waals surface area contributed by atoms with Gasteiger partial charge in [0.25, 0.3) is 0 Å². The largest absolute Gasteiger partial charge is 0.252 e. The van der Waals surface area contributed by atoms with Crippen LogP contribution in [-0.4, -0.2) is 14.3 Å². The summed E-state index contributed by atoms with van der Waals surface area (Å²) in [6, 6.07) is 7.48. The second kappa shape index (κ2) is 2.58. The van der Waals surface area contributed by atoms with Gasteiger partial charge in [-0.05, 0) is 22.7 Å². The molecule has 0 aliphatic carbocycles. The molecule has 0 radical (unpaired) electrons. The van der Waals surface area contributed by atoms with Gasteiger partial charge in [0, 0.05) is 10.5 Å². The van der Waals surface area contributed by atoms with Gasteiger partial charge >= 0.3 is 0 Å². The lowest BCUT2D eigenvalue weighted by Gasteiger charge is -1.96. The van der Waals surface area contributed by atoms with Crippen LogP contribution in [0.1, 0.15) is 5.56 Å². The number of benzene rings is 1. The zero-order chi connectivity index (χ0) is 8.77. The van der Waals surface area contributed by atoms with Crippen LogP contribution in [0.4, 0.5) is 0 Å². The summed E-state index contributed by atoms with van der Waals surface area (Å²) in [5, 5.41) is 0. The first kappa shape index (κ1) is 8.29. The molecule has 1 nitrogen and oxygen atoms in total. The molecule has 1 atom stereocenters. The van der Waals surface area contributed by atoms with Crippen molar-refractivity contribution in [1.82, 2.24) is 0 Å². The van der Waals surface area contributed by atoms with Crippen LogP contribution in [0.3, 0.4) is 0 Å². The van der Waals surface area contributed by atoms with Crippen molar-refractivity contribution in [2.45, 2.75) is 4.90 Å². The highest BCUT2D eigenvalue weighted by molar-refractivity contribution is 8.83. The van der Waals surface area contributed by atoms with Crippen molar-refractivity contribution in [3.05, 3.63) is 29.8 Å². The summed E-state index contributed by atoms with van der Waals surface area (Å²) in [5.74, 6) is 3.66. The van der Waals surface area contributed by atoms with Crippen molar-refractivity contribution < 1.29 is 4.21 Å². The molecule has 0 saturated heterocycles. The third-order valence-electron chi connectivity index (χ3n) is 1.65. The average Bonchev–Trinajstić information content (AvgIpc) is 2.25. The highest BCUT2D eigenvalue weighted by Gasteiger charge is 2.25. The van der Waals surface area contributed by atoms with Crippen molar-refractivity contribution >= 4 is 41.6 Å². The molecule has 0 bridgehead atoms. The standard InChI is InChI=1S/C8H6OS3/c1-12(9)7-5-3-2-4-6(7)8(10)11-12/h2-5H,1H2. The Labute approximate surface area is 80.6 Å². The van der Waals surface area contributed by atoms with E-state index in [1.807, 2.05) is 24.3 Å². The first-order valence-electron chi connectivity index (χ1n) is 3.31.